The largest absolute Gasteiger partial charge is 0.364 e. The van der Waals surface area contributed by atoms with Gasteiger partial charge in [0.05, 0.1) is 6.20 Å². The molecule has 15 heavy (non-hydrogen) atoms. The highest BCUT2D eigenvalue weighted by Crippen LogP contribution is 2.24. The molecule has 2 rings (SSSR count). The van der Waals surface area contributed by atoms with Crippen LogP contribution in [0, 0.1) is 6.92 Å². The molecule has 0 atom stereocenters. The molecule has 0 radical (unpaired) electrons. The summed E-state index contributed by atoms with van der Waals surface area (Å²) in [5, 5.41) is 6.53. The van der Waals surface area contributed by atoms with Crippen LogP contribution in [0.5, 0.6) is 0 Å². The van der Waals surface area contributed by atoms with Crippen LogP contribution in [-0.2, 0) is 0 Å². The molecule has 0 unspecified atom stereocenters. The quantitative estimate of drug-likeness (QED) is 0.758. The van der Waals surface area contributed by atoms with Crippen molar-refractivity contribution in [3.05, 3.63) is 35.9 Å². The van der Waals surface area contributed by atoms with Crippen LogP contribution in [0.15, 0.2) is 24.7 Å². The topological polar surface area (TPSA) is 84.7 Å². The van der Waals surface area contributed by atoms with Crippen LogP contribution in [-0.4, -0.2) is 21.1 Å². The monoisotopic (exact) mass is 202 g/mol. The Morgan fingerprint density at radius 2 is 2.33 bits per heavy atom. The van der Waals surface area contributed by atoms with Gasteiger partial charge in [-0.15, -0.1) is 0 Å². The molecule has 0 aliphatic carbocycles. The van der Waals surface area contributed by atoms with Gasteiger partial charge in [0.25, 0.3) is 5.91 Å². The molecule has 0 aliphatic rings. The normalized spacial score (nSPS) is 10.2. The molecule has 1 amide bonds. The number of carbonyl (C=O) groups is 1. The number of primary amides is 1. The van der Waals surface area contributed by atoms with Crippen molar-refractivity contribution in [2.75, 3.05) is 0 Å². The van der Waals surface area contributed by atoms with Crippen LogP contribution in [0.3, 0.4) is 0 Å². The Labute approximate surface area is 86.3 Å². The van der Waals surface area contributed by atoms with Gasteiger partial charge in [-0.1, -0.05) is 0 Å². The highest BCUT2D eigenvalue weighted by atomic mass is 16.1. The SMILES string of the molecule is Cc1ccnc(C(N)=O)c1-c1cn[nH]c1. The Morgan fingerprint density at radius 3 is 2.93 bits per heavy atom. The van der Waals surface area contributed by atoms with Gasteiger partial charge in [-0.3, -0.25) is 14.9 Å². The summed E-state index contributed by atoms with van der Waals surface area (Å²) >= 11 is 0. The van der Waals surface area contributed by atoms with Crippen LogP contribution in [0.25, 0.3) is 11.1 Å². The number of carbonyl (C=O) groups excluding carboxylic acids is 1. The van der Waals surface area contributed by atoms with Gasteiger partial charge in [0, 0.05) is 23.5 Å². The summed E-state index contributed by atoms with van der Waals surface area (Å²) in [7, 11) is 0. The summed E-state index contributed by atoms with van der Waals surface area (Å²) in [5.74, 6) is -0.532. The number of rotatable bonds is 2. The van der Waals surface area contributed by atoms with E-state index >= 15 is 0 Å². The Balaban J connectivity index is 2.68. The van der Waals surface area contributed by atoms with Crippen molar-refractivity contribution >= 4 is 5.91 Å². The summed E-state index contributed by atoms with van der Waals surface area (Å²) in [4.78, 5) is 15.2. The van der Waals surface area contributed by atoms with E-state index in [1.807, 2.05) is 13.0 Å². The fraction of sp³-hybridized carbons (Fsp3) is 0.100. The van der Waals surface area contributed by atoms with Gasteiger partial charge in [-0.2, -0.15) is 5.10 Å². The minimum Gasteiger partial charge on any atom is -0.364 e. The summed E-state index contributed by atoms with van der Waals surface area (Å²) < 4.78 is 0. The van der Waals surface area contributed by atoms with Crippen molar-refractivity contribution in [3.63, 3.8) is 0 Å². The molecule has 0 fully saturated rings. The third kappa shape index (κ3) is 1.59. The van der Waals surface area contributed by atoms with Crippen molar-refractivity contribution in [2.45, 2.75) is 6.92 Å². The lowest BCUT2D eigenvalue weighted by Gasteiger charge is -2.06. The number of amides is 1. The second-order valence-electron chi connectivity index (χ2n) is 3.20. The number of pyridine rings is 1. The fourth-order valence-corrected chi connectivity index (χ4v) is 1.50. The van der Waals surface area contributed by atoms with E-state index < -0.39 is 5.91 Å². The number of aromatic amines is 1. The van der Waals surface area contributed by atoms with Crippen molar-refractivity contribution in [3.8, 4) is 11.1 Å². The minimum atomic E-state index is -0.532. The Kier molecular flexibility index (Phi) is 2.21. The lowest BCUT2D eigenvalue weighted by atomic mass is 10.0. The number of hydrogen-bond acceptors (Lipinski definition) is 3. The molecule has 0 aliphatic heterocycles. The van der Waals surface area contributed by atoms with E-state index in [1.165, 1.54) is 0 Å². The van der Waals surface area contributed by atoms with Gasteiger partial charge in [0.2, 0.25) is 0 Å². The zero-order valence-corrected chi connectivity index (χ0v) is 8.19. The molecule has 0 bridgehead atoms. The van der Waals surface area contributed by atoms with Crippen LogP contribution in [0.1, 0.15) is 16.1 Å². The van der Waals surface area contributed by atoms with E-state index in [1.54, 1.807) is 18.6 Å². The Hall–Kier alpha value is -2.17. The molecule has 5 heteroatoms. The number of H-pyrrole nitrogens is 1. The van der Waals surface area contributed by atoms with Gasteiger partial charge < -0.3 is 5.73 Å². The lowest BCUT2D eigenvalue weighted by Crippen LogP contribution is -2.15. The van der Waals surface area contributed by atoms with Crippen molar-refractivity contribution in [1.29, 1.82) is 0 Å². The standard InChI is InChI=1S/C10H10N4O/c1-6-2-3-12-9(10(11)15)8(6)7-4-13-14-5-7/h2-5H,1H3,(H2,11,15)(H,13,14). The molecular weight excluding hydrogens is 192 g/mol. The maximum atomic E-state index is 11.2. The fourth-order valence-electron chi connectivity index (χ4n) is 1.50. The Morgan fingerprint density at radius 1 is 1.53 bits per heavy atom. The van der Waals surface area contributed by atoms with E-state index in [0.29, 0.717) is 0 Å². The van der Waals surface area contributed by atoms with E-state index in [4.69, 9.17) is 5.73 Å². The molecule has 2 aromatic heterocycles. The number of nitrogens with zero attached hydrogens (tertiary/aromatic N) is 2. The molecule has 76 valence electrons. The zero-order chi connectivity index (χ0) is 10.8. The summed E-state index contributed by atoms with van der Waals surface area (Å²) in [6.45, 7) is 1.90. The second kappa shape index (κ2) is 3.53. The lowest BCUT2D eigenvalue weighted by molar-refractivity contribution is 0.0996. The molecule has 2 aromatic rings. The molecular formula is C10H10N4O. The Bertz CT molecular complexity index is 490. The first-order chi connectivity index (χ1) is 7.20. The smallest absolute Gasteiger partial charge is 0.267 e. The number of aromatic nitrogens is 3. The van der Waals surface area contributed by atoms with E-state index in [9.17, 15) is 4.79 Å². The van der Waals surface area contributed by atoms with Gasteiger partial charge in [0.15, 0.2) is 0 Å². The van der Waals surface area contributed by atoms with Crippen molar-refractivity contribution in [2.24, 2.45) is 5.73 Å². The molecule has 0 saturated heterocycles. The van der Waals surface area contributed by atoms with E-state index in [-0.39, 0.29) is 5.69 Å². The maximum Gasteiger partial charge on any atom is 0.267 e. The number of hydrogen-bond donors (Lipinski definition) is 2. The molecule has 0 aromatic carbocycles. The van der Waals surface area contributed by atoms with Crippen molar-refractivity contribution < 1.29 is 4.79 Å². The summed E-state index contributed by atoms with van der Waals surface area (Å²) in [6, 6.07) is 1.83. The third-order valence-electron chi connectivity index (χ3n) is 2.18. The number of aryl methyl sites for hydroxylation is 1. The highest BCUT2D eigenvalue weighted by Gasteiger charge is 2.14. The van der Waals surface area contributed by atoms with Crippen LogP contribution in [0.2, 0.25) is 0 Å². The van der Waals surface area contributed by atoms with Gasteiger partial charge in [0.1, 0.15) is 5.69 Å². The molecule has 0 saturated carbocycles. The number of nitrogens with two attached hydrogens (primary N) is 1. The first-order valence-corrected chi connectivity index (χ1v) is 4.44. The first kappa shape index (κ1) is 9.39. The summed E-state index contributed by atoms with van der Waals surface area (Å²) in [6.07, 6.45) is 4.91. The van der Waals surface area contributed by atoms with E-state index in [2.05, 4.69) is 15.2 Å². The minimum absolute atomic E-state index is 0.274. The predicted molar refractivity (Wildman–Crippen MR) is 55.1 cm³/mol. The van der Waals surface area contributed by atoms with Gasteiger partial charge >= 0.3 is 0 Å². The van der Waals surface area contributed by atoms with Crippen LogP contribution in [0.4, 0.5) is 0 Å². The maximum absolute atomic E-state index is 11.2. The molecule has 0 spiro atoms. The van der Waals surface area contributed by atoms with Crippen molar-refractivity contribution in [1.82, 2.24) is 15.2 Å². The second-order valence-corrected chi connectivity index (χ2v) is 3.20. The molecule has 2 heterocycles. The van der Waals surface area contributed by atoms with E-state index in [0.717, 1.165) is 16.7 Å². The summed E-state index contributed by atoms with van der Waals surface area (Å²) in [5.41, 5.74) is 8.03. The molecule has 3 N–H and O–H groups in total. The van der Waals surface area contributed by atoms with Gasteiger partial charge in [-0.05, 0) is 18.6 Å². The third-order valence-corrected chi connectivity index (χ3v) is 2.18. The molecule has 5 nitrogen and oxygen atoms in total. The average Bonchev–Trinajstić information content (AvgIpc) is 2.70. The van der Waals surface area contributed by atoms with Gasteiger partial charge in [-0.25, -0.2) is 0 Å². The number of nitrogens with one attached hydrogen (secondary N) is 1. The average molecular weight is 202 g/mol. The van der Waals surface area contributed by atoms with Crippen LogP contribution < -0.4 is 5.73 Å². The first-order valence-electron chi connectivity index (χ1n) is 4.44. The zero-order valence-electron chi connectivity index (χ0n) is 8.19. The predicted octanol–water partition coefficient (Wildman–Crippen LogP) is 0.879. The highest BCUT2D eigenvalue weighted by molar-refractivity contribution is 5.98. The van der Waals surface area contributed by atoms with Crippen LogP contribution >= 0.6 is 0 Å².